The number of thiophene rings is 1. The van der Waals surface area contributed by atoms with E-state index < -0.39 is 0 Å². The monoisotopic (exact) mass is 297 g/mol. The van der Waals surface area contributed by atoms with Crippen LogP contribution in [0.1, 0.15) is 16.5 Å². The summed E-state index contributed by atoms with van der Waals surface area (Å²) in [6, 6.07) is 7.84. The lowest BCUT2D eigenvalue weighted by Crippen LogP contribution is -2.16. The molecule has 1 N–H and O–H groups in total. The van der Waals surface area contributed by atoms with E-state index in [1.54, 1.807) is 25.6 Å². The molecular weight excluding hydrogens is 282 g/mol. The average molecular weight is 298 g/mol. The lowest BCUT2D eigenvalue weighted by Gasteiger charge is -2.17. The maximum absolute atomic E-state index is 6.21. The second kappa shape index (κ2) is 6.28. The van der Waals surface area contributed by atoms with Gasteiger partial charge in [-0.2, -0.15) is 0 Å². The van der Waals surface area contributed by atoms with Crippen molar-refractivity contribution in [2.24, 2.45) is 0 Å². The van der Waals surface area contributed by atoms with Gasteiger partial charge in [0.25, 0.3) is 0 Å². The molecule has 1 heterocycles. The fourth-order valence-electron chi connectivity index (χ4n) is 1.99. The minimum atomic E-state index is 0.0484. The number of halogens is 1. The molecule has 0 saturated heterocycles. The smallest absolute Gasteiger partial charge is 0.161 e. The summed E-state index contributed by atoms with van der Waals surface area (Å²) in [5.74, 6) is 1.44. The number of rotatable bonds is 5. The van der Waals surface area contributed by atoms with Crippen LogP contribution in [0.5, 0.6) is 11.5 Å². The quantitative estimate of drug-likeness (QED) is 0.912. The number of benzene rings is 1. The first kappa shape index (κ1) is 14.2. The number of ether oxygens (including phenoxy) is 2. The molecule has 0 spiro atoms. The van der Waals surface area contributed by atoms with Gasteiger partial charge in [-0.1, -0.05) is 17.7 Å². The summed E-state index contributed by atoms with van der Waals surface area (Å²) in [4.78, 5) is 1.09. The van der Waals surface area contributed by atoms with Crippen LogP contribution in [0, 0.1) is 0 Å². The lowest BCUT2D eigenvalue weighted by molar-refractivity contribution is 0.354. The molecule has 0 fully saturated rings. The third-order valence-electron chi connectivity index (χ3n) is 2.94. The van der Waals surface area contributed by atoms with Crippen LogP contribution in [0.2, 0.25) is 5.02 Å². The van der Waals surface area contributed by atoms with E-state index in [1.165, 1.54) is 0 Å². The fourth-order valence-corrected chi connectivity index (χ4v) is 3.29. The molecule has 102 valence electrons. The largest absolute Gasteiger partial charge is 0.493 e. The molecular formula is C14H16ClNO2S. The summed E-state index contributed by atoms with van der Waals surface area (Å²) in [6.45, 7) is 0. The number of hydrogen-bond acceptors (Lipinski definition) is 4. The Morgan fingerprint density at radius 1 is 1.16 bits per heavy atom. The predicted molar refractivity (Wildman–Crippen MR) is 79.8 cm³/mol. The molecule has 19 heavy (non-hydrogen) atoms. The highest BCUT2D eigenvalue weighted by Crippen LogP contribution is 2.36. The van der Waals surface area contributed by atoms with E-state index in [0.717, 1.165) is 21.2 Å². The zero-order chi connectivity index (χ0) is 13.8. The van der Waals surface area contributed by atoms with Crippen LogP contribution in [0.4, 0.5) is 0 Å². The molecule has 1 aromatic heterocycles. The van der Waals surface area contributed by atoms with Crippen molar-refractivity contribution in [1.29, 1.82) is 0 Å². The lowest BCUT2D eigenvalue weighted by atomic mass is 10.0. The Bertz CT molecular complexity index is 556. The van der Waals surface area contributed by atoms with Gasteiger partial charge in [0.05, 0.1) is 25.3 Å². The summed E-state index contributed by atoms with van der Waals surface area (Å²) in [7, 11) is 5.18. The van der Waals surface area contributed by atoms with Crippen molar-refractivity contribution in [2.75, 3.05) is 21.3 Å². The Hall–Kier alpha value is -1.23. The average Bonchev–Trinajstić information content (AvgIpc) is 2.86. The van der Waals surface area contributed by atoms with Gasteiger partial charge in [-0.15, -0.1) is 11.3 Å². The van der Waals surface area contributed by atoms with Crippen molar-refractivity contribution in [3.05, 3.63) is 45.1 Å². The van der Waals surface area contributed by atoms with Crippen molar-refractivity contribution in [3.8, 4) is 11.5 Å². The number of methoxy groups -OCH3 is 2. The highest BCUT2D eigenvalue weighted by molar-refractivity contribution is 7.10. The molecule has 2 rings (SSSR count). The third-order valence-corrected chi connectivity index (χ3v) is 4.36. The van der Waals surface area contributed by atoms with Gasteiger partial charge in [0, 0.05) is 4.88 Å². The van der Waals surface area contributed by atoms with E-state index in [2.05, 4.69) is 5.32 Å². The molecule has 0 aliphatic rings. The zero-order valence-electron chi connectivity index (χ0n) is 11.1. The van der Waals surface area contributed by atoms with Gasteiger partial charge >= 0.3 is 0 Å². The molecule has 1 unspecified atom stereocenters. The zero-order valence-corrected chi connectivity index (χ0v) is 12.6. The number of hydrogen-bond donors (Lipinski definition) is 1. The first-order valence-corrected chi connectivity index (χ1v) is 7.09. The van der Waals surface area contributed by atoms with Gasteiger partial charge in [-0.25, -0.2) is 0 Å². The second-order valence-electron chi connectivity index (χ2n) is 3.97. The molecule has 1 atom stereocenters. The predicted octanol–water partition coefficient (Wildman–Crippen LogP) is 3.73. The van der Waals surface area contributed by atoms with Crippen LogP contribution < -0.4 is 14.8 Å². The van der Waals surface area contributed by atoms with Gasteiger partial charge in [0.1, 0.15) is 0 Å². The van der Waals surface area contributed by atoms with Gasteiger partial charge in [0.15, 0.2) is 11.5 Å². The SMILES string of the molecule is CNC(c1ccc(OC)c(OC)c1)c1sccc1Cl. The Morgan fingerprint density at radius 3 is 2.42 bits per heavy atom. The van der Waals surface area contributed by atoms with Gasteiger partial charge < -0.3 is 14.8 Å². The topological polar surface area (TPSA) is 30.5 Å². The molecule has 0 radical (unpaired) electrons. The van der Waals surface area contributed by atoms with E-state index in [0.29, 0.717) is 5.75 Å². The summed E-state index contributed by atoms with van der Waals surface area (Å²) in [5.41, 5.74) is 1.09. The minimum absolute atomic E-state index is 0.0484. The Balaban J connectivity index is 2.42. The fraction of sp³-hybridized carbons (Fsp3) is 0.286. The molecule has 1 aromatic carbocycles. The Kier molecular flexibility index (Phi) is 4.69. The molecule has 5 heteroatoms. The summed E-state index contributed by atoms with van der Waals surface area (Å²) in [5, 5.41) is 6.05. The van der Waals surface area contributed by atoms with Crippen LogP contribution in [0.15, 0.2) is 29.6 Å². The molecule has 0 bridgehead atoms. The second-order valence-corrected chi connectivity index (χ2v) is 5.32. The maximum Gasteiger partial charge on any atom is 0.161 e. The Labute approximate surface area is 122 Å². The minimum Gasteiger partial charge on any atom is -0.493 e. The van der Waals surface area contributed by atoms with Crippen molar-refractivity contribution in [3.63, 3.8) is 0 Å². The molecule has 0 saturated carbocycles. The van der Waals surface area contributed by atoms with Crippen LogP contribution in [-0.2, 0) is 0 Å². The molecule has 0 amide bonds. The summed E-state index contributed by atoms with van der Waals surface area (Å²) < 4.78 is 10.6. The van der Waals surface area contributed by atoms with E-state index in [4.69, 9.17) is 21.1 Å². The van der Waals surface area contributed by atoms with Crippen LogP contribution in [0.25, 0.3) is 0 Å². The molecule has 0 aliphatic carbocycles. The molecule has 2 aromatic rings. The molecule has 0 aliphatic heterocycles. The first-order valence-electron chi connectivity index (χ1n) is 5.83. The van der Waals surface area contributed by atoms with Crippen molar-refractivity contribution < 1.29 is 9.47 Å². The highest BCUT2D eigenvalue weighted by atomic mass is 35.5. The van der Waals surface area contributed by atoms with E-state index in [9.17, 15) is 0 Å². The first-order chi connectivity index (χ1) is 9.21. The summed E-state index contributed by atoms with van der Waals surface area (Å²) >= 11 is 7.84. The standard InChI is InChI=1S/C14H16ClNO2S/c1-16-13(14-10(15)6-7-19-14)9-4-5-11(17-2)12(8-9)18-3/h4-8,13,16H,1-3H3. The van der Waals surface area contributed by atoms with Crippen molar-refractivity contribution >= 4 is 22.9 Å². The van der Waals surface area contributed by atoms with Crippen molar-refractivity contribution in [2.45, 2.75) is 6.04 Å². The normalized spacial score (nSPS) is 12.2. The third kappa shape index (κ3) is 2.86. The number of nitrogens with one attached hydrogen (secondary N) is 1. The van der Waals surface area contributed by atoms with Gasteiger partial charge in [-0.05, 0) is 36.2 Å². The van der Waals surface area contributed by atoms with Gasteiger partial charge in [-0.3, -0.25) is 0 Å². The maximum atomic E-state index is 6.21. The van der Waals surface area contributed by atoms with Crippen LogP contribution in [0.3, 0.4) is 0 Å². The van der Waals surface area contributed by atoms with Gasteiger partial charge in [0.2, 0.25) is 0 Å². The van der Waals surface area contributed by atoms with Crippen LogP contribution >= 0.6 is 22.9 Å². The Morgan fingerprint density at radius 2 is 1.89 bits per heavy atom. The van der Waals surface area contributed by atoms with Crippen molar-refractivity contribution in [1.82, 2.24) is 5.32 Å². The molecule has 3 nitrogen and oxygen atoms in total. The van der Waals surface area contributed by atoms with E-state index in [-0.39, 0.29) is 6.04 Å². The van der Waals surface area contributed by atoms with E-state index in [1.807, 2.05) is 36.7 Å². The summed E-state index contributed by atoms with van der Waals surface area (Å²) in [6.07, 6.45) is 0. The van der Waals surface area contributed by atoms with E-state index >= 15 is 0 Å². The van der Waals surface area contributed by atoms with Crippen LogP contribution in [-0.4, -0.2) is 21.3 Å². The highest BCUT2D eigenvalue weighted by Gasteiger charge is 2.18.